The number of unbranched alkanes of at least 4 members (excludes halogenated alkanes) is 3. The molecule has 2 bridgehead atoms. The van der Waals surface area contributed by atoms with Gasteiger partial charge in [0.25, 0.3) is 0 Å². The molecule has 5 nitrogen and oxygen atoms in total. The van der Waals surface area contributed by atoms with Crippen LogP contribution in [0.5, 0.6) is 0 Å². The highest BCUT2D eigenvalue weighted by Gasteiger charge is 2.47. The molecule has 0 unspecified atom stereocenters. The maximum atomic E-state index is 10.5. The van der Waals surface area contributed by atoms with E-state index in [-0.39, 0.29) is 6.42 Å². The van der Waals surface area contributed by atoms with Gasteiger partial charge in [-0.2, -0.15) is 0 Å². The molecular formula is C19H33NO4. The van der Waals surface area contributed by atoms with E-state index in [9.17, 15) is 4.79 Å². The van der Waals surface area contributed by atoms with Crippen molar-refractivity contribution in [2.75, 3.05) is 13.2 Å². The van der Waals surface area contributed by atoms with Gasteiger partial charge in [-0.3, -0.25) is 4.79 Å². The van der Waals surface area contributed by atoms with E-state index in [4.69, 9.17) is 14.7 Å². The number of allylic oxidation sites excluding steroid dienone is 2. The minimum absolute atomic E-state index is 0.253. The Labute approximate surface area is 145 Å². The Morgan fingerprint density at radius 3 is 2.75 bits per heavy atom. The van der Waals surface area contributed by atoms with Crippen LogP contribution in [-0.2, 0) is 14.4 Å². The summed E-state index contributed by atoms with van der Waals surface area (Å²) >= 11 is 0. The van der Waals surface area contributed by atoms with E-state index in [1.807, 2.05) is 0 Å². The maximum Gasteiger partial charge on any atom is 0.303 e. The molecule has 2 rings (SSSR count). The number of hydrogen-bond acceptors (Lipinski definition) is 4. The summed E-state index contributed by atoms with van der Waals surface area (Å²) in [5.41, 5.74) is 3.15. The molecular weight excluding hydrogens is 306 g/mol. The third-order valence-electron chi connectivity index (χ3n) is 5.20. The first kappa shape index (κ1) is 19.4. The number of fused-ring (bicyclic) bond motifs is 2. The van der Waals surface area contributed by atoms with Crippen LogP contribution in [0.3, 0.4) is 0 Å². The number of nitrogens with one attached hydrogen (secondary N) is 1. The molecule has 2 saturated heterocycles. The first-order chi connectivity index (χ1) is 11.7. The van der Waals surface area contributed by atoms with Gasteiger partial charge in [-0.05, 0) is 44.4 Å². The Balaban J connectivity index is 1.65. The quantitative estimate of drug-likeness (QED) is 0.304. The van der Waals surface area contributed by atoms with E-state index >= 15 is 0 Å². The average Bonchev–Trinajstić information content (AvgIpc) is 3.15. The van der Waals surface area contributed by atoms with Gasteiger partial charge in [0.2, 0.25) is 0 Å². The molecule has 0 radical (unpaired) electrons. The predicted molar refractivity (Wildman–Crippen MR) is 93.6 cm³/mol. The van der Waals surface area contributed by atoms with Crippen LogP contribution in [0.2, 0.25) is 0 Å². The molecule has 0 aromatic heterocycles. The van der Waals surface area contributed by atoms with Gasteiger partial charge in [-0.15, -0.1) is 0 Å². The molecule has 0 aromatic rings. The first-order valence-electron chi connectivity index (χ1n) is 9.59. The van der Waals surface area contributed by atoms with Gasteiger partial charge >= 0.3 is 5.97 Å². The number of hydrogen-bond donors (Lipinski definition) is 2. The van der Waals surface area contributed by atoms with E-state index in [0.29, 0.717) is 24.0 Å². The zero-order valence-electron chi connectivity index (χ0n) is 14.9. The lowest BCUT2D eigenvalue weighted by molar-refractivity contribution is -0.137. The smallest absolute Gasteiger partial charge is 0.303 e. The van der Waals surface area contributed by atoms with Gasteiger partial charge in [-0.25, -0.2) is 5.48 Å². The van der Waals surface area contributed by atoms with E-state index in [1.54, 1.807) is 0 Å². The van der Waals surface area contributed by atoms with Gasteiger partial charge in [0, 0.05) is 18.9 Å². The van der Waals surface area contributed by atoms with Crippen LogP contribution >= 0.6 is 0 Å². The zero-order valence-corrected chi connectivity index (χ0v) is 14.9. The summed E-state index contributed by atoms with van der Waals surface area (Å²) in [5, 5.41) is 8.64. The largest absolute Gasteiger partial charge is 0.481 e. The summed E-state index contributed by atoms with van der Waals surface area (Å²) in [6.07, 6.45) is 13.8. The summed E-state index contributed by atoms with van der Waals surface area (Å²) < 4.78 is 6.10. The maximum absolute atomic E-state index is 10.5. The standard InChI is InChI=1S/C19H33NO4/c1-2-3-8-13-23-20-14-16-15(17-11-12-18(16)24-17)9-6-4-5-7-10-19(21)22/h4,6,15-18,20H,2-3,5,7-14H2,1H3,(H,21,22)/t15-,16+,17-,18+/m1/s1. The van der Waals surface area contributed by atoms with Gasteiger partial charge in [0.05, 0.1) is 18.8 Å². The molecule has 2 N–H and O–H groups in total. The van der Waals surface area contributed by atoms with Crippen LogP contribution in [0.4, 0.5) is 0 Å². The Morgan fingerprint density at radius 2 is 2.00 bits per heavy atom. The third kappa shape index (κ3) is 6.19. The van der Waals surface area contributed by atoms with Crippen LogP contribution in [0.15, 0.2) is 12.2 Å². The van der Waals surface area contributed by atoms with Crippen LogP contribution in [0.1, 0.15) is 64.7 Å². The fraction of sp³-hybridized carbons (Fsp3) is 0.842. The van der Waals surface area contributed by atoms with E-state index < -0.39 is 5.97 Å². The Hall–Kier alpha value is -0.910. The monoisotopic (exact) mass is 339 g/mol. The average molecular weight is 339 g/mol. The SMILES string of the molecule is CCCCCONC[C@H]1[C@@H](CC=CCCCC(=O)O)[C@H]2CC[C@@H]1O2. The van der Waals surface area contributed by atoms with Crippen molar-refractivity contribution in [1.82, 2.24) is 5.48 Å². The topological polar surface area (TPSA) is 67.8 Å². The molecule has 0 amide bonds. The van der Waals surface area contributed by atoms with Crippen LogP contribution in [0, 0.1) is 11.8 Å². The fourth-order valence-electron chi connectivity index (χ4n) is 3.87. The molecule has 2 fully saturated rings. The van der Waals surface area contributed by atoms with Crippen LogP contribution in [-0.4, -0.2) is 36.4 Å². The minimum Gasteiger partial charge on any atom is -0.481 e. The molecule has 4 atom stereocenters. The normalized spacial score (nSPS) is 28.9. The molecule has 2 heterocycles. The number of hydroxylamine groups is 1. The molecule has 2 aliphatic rings. The molecule has 0 aromatic carbocycles. The van der Waals surface area contributed by atoms with Crippen molar-refractivity contribution in [2.24, 2.45) is 11.8 Å². The second-order valence-corrected chi connectivity index (χ2v) is 7.02. The van der Waals surface area contributed by atoms with Crippen molar-refractivity contribution in [3.8, 4) is 0 Å². The van der Waals surface area contributed by atoms with Crippen molar-refractivity contribution < 1.29 is 19.5 Å². The molecule has 24 heavy (non-hydrogen) atoms. The second kappa shape index (κ2) is 10.9. The highest BCUT2D eigenvalue weighted by atomic mass is 16.6. The molecule has 0 saturated carbocycles. The van der Waals surface area contributed by atoms with Gasteiger partial charge in [-0.1, -0.05) is 31.9 Å². The van der Waals surface area contributed by atoms with E-state index in [1.165, 1.54) is 25.7 Å². The zero-order chi connectivity index (χ0) is 17.2. The number of ether oxygens (including phenoxy) is 1. The molecule has 0 aliphatic carbocycles. The van der Waals surface area contributed by atoms with Crippen molar-refractivity contribution in [1.29, 1.82) is 0 Å². The number of rotatable bonds is 13. The van der Waals surface area contributed by atoms with Gasteiger partial charge in [0.15, 0.2) is 0 Å². The van der Waals surface area contributed by atoms with Crippen molar-refractivity contribution in [2.45, 2.75) is 76.9 Å². The van der Waals surface area contributed by atoms with E-state index in [2.05, 4.69) is 24.6 Å². The summed E-state index contributed by atoms with van der Waals surface area (Å²) in [6, 6.07) is 0. The van der Waals surface area contributed by atoms with E-state index in [0.717, 1.165) is 38.8 Å². The highest BCUT2D eigenvalue weighted by molar-refractivity contribution is 5.66. The lowest BCUT2D eigenvalue weighted by atomic mass is 9.77. The number of carboxylic acid groups (broad SMARTS) is 1. The summed E-state index contributed by atoms with van der Waals surface area (Å²) in [5.74, 6) is 0.375. The molecule has 5 heteroatoms. The second-order valence-electron chi connectivity index (χ2n) is 7.02. The molecule has 0 spiro atoms. The molecule has 2 aliphatic heterocycles. The van der Waals surface area contributed by atoms with Crippen LogP contribution < -0.4 is 5.48 Å². The third-order valence-corrected chi connectivity index (χ3v) is 5.20. The van der Waals surface area contributed by atoms with Gasteiger partial charge < -0.3 is 14.7 Å². The lowest BCUT2D eigenvalue weighted by Gasteiger charge is -2.27. The Morgan fingerprint density at radius 1 is 1.21 bits per heavy atom. The summed E-state index contributed by atoms with van der Waals surface area (Å²) in [6.45, 7) is 3.84. The Kier molecular flexibility index (Phi) is 8.78. The first-order valence-corrected chi connectivity index (χ1v) is 9.59. The fourth-order valence-corrected chi connectivity index (χ4v) is 3.87. The number of carboxylic acids is 1. The Bertz CT molecular complexity index is 399. The number of aliphatic carboxylic acids is 1. The summed E-state index contributed by atoms with van der Waals surface area (Å²) in [7, 11) is 0. The van der Waals surface area contributed by atoms with Crippen molar-refractivity contribution in [3.63, 3.8) is 0 Å². The summed E-state index contributed by atoms with van der Waals surface area (Å²) in [4.78, 5) is 16.0. The van der Waals surface area contributed by atoms with Crippen molar-refractivity contribution in [3.05, 3.63) is 12.2 Å². The predicted octanol–water partition coefficient (Wildman–Crippen LogP) is 3.69. The lowest BCUT2D eigenvalue weighted by Crippen LogP contribution is -2.35. The number of carbonyl (C=O) groups is 1. The highest BCUT2D eigenvalue weighted by Crippen LogP contribution is 2.44. The minimum atomic E-state index is -0.713. The van der Waals surface area contributed by atoms with Crippen LogP contribution in [0.25, 0.3) is 0 Å². The molecule has 138 valence electrons. The van der Waals surface area contributed by atoms with Crippen molar-refractivity contribution >= 4 is 5.97 Å². The van der Waals surface area contributed by atoms with Gasteiger partial charge in [0.1, 0.15) is 0 Å².